The molecule has 8 heteroatoms. The van der Waals surface area contributed by atoms with Gasteiger partial charge in [0.05, 0.1) is 22.3 Å². The first-order valence-electron chi connectivity index (χ1n) is 9.16. The molecule has 28 heavy (non-hydrogen) atoms. The fraction of sp³-hybridized carbons (Fsp3) is 0.400. The van der Waals surface area contributed by atoms with Crippen LogP contribution in [0.15, 0.2) is 36.5 Å². The van der Waals surface area contributed by atoms with Crippen LogP contribution in [-0.2, 0) is 4.74 Å². The smallest absolute Gasteiger partial charge is 0.157 e. The van der Waals surface area contributed by atoms with Crippen LogP contribution >= 0.6 is 22.6 Å². The minimum absolute atomic E-state index is 0.0470. The largest absolute Gasteiger partial charge is 0.491 e. The van der Waals surface area contributed by atoms with Crippen molar-refractivity contribution in [1.82, 2.24) is 14.8 Å². The summed E-state index contributed by atoms with van der Waals surface area (Å²) < 4.78 is 18.8. The van der Waals surface area contributed by atoms with Crippen molar-refractivity contribution in [2.75, 3.05) is 25.6 Å². The minimum Gasteiger partial charge on any atom is -0.491 e. The topological polar surface area (TPSA) is 70.4 Å². The number of halogens is 1. The number of methoxy groups -OCH3 is 1. The van der Waals surface area contributed by atoms with E-state index in [1.807, 2.05) is 50.4 Å². The Bertz CT molecular complexity index is 927. The van der Waals surface area contributed by atoms with Crippen LogP contribution in [0, 0.1) is 0 Å². The van der Waals surface area contributed by atoms with E-state index >= 15 is 0 Å². The van der Waals surface area contributed by atoms with Gasteiger partial charge in [0.25, 0.3) is 0 Å². The van der Waals surface area contributed by atoms with Gasteiger partial charge in [0, 0.05) is 36.9 Å². The first-order valence-corrected chi connectivity index (χ1v) is 10.4. The Labute approximate surface area is 178 Å². The van der Waals surface area contributed by atoms with E-state index in [0.29, 0.717) is 19.0 Å². The van der Waals surface area contributed by atoms with Crippen molar-refractivity contribution in [3.8, 4) is 17.3 Å². The van der Waals surface area contributed by atoms with Crippen molar-refractivity contribution in [3.63, 3.8) is 0 Å². The zero-order valence-electron chi connectivity index (χ0n) is 16.5. The molecular weight excluding hydrogens is 471 g/mol. The fourth-order valence-corrected chi connectivity index (χ4v) is 3.02. The van der Waals surface area contributed by atoms with Crippen LogP contribution in [0.4, 0.5) is 5.82 Å². The van der Waals surface area contributed by atoms with Crippen molar-refractivity contribution in [1.29, 1.82) is 0 Å². The first kappa shape index (κ1) is 20.7. The van der Waals surface area contributed by atoms with Crippen LogP contribution in [0.3, 0.4) is 0 Å². The van der Waals surface area contributed by atoms with E-state index in [2.05, 4.69) is 39.9 Å². The van der Waals surface area contributed by atoms with Gasteiger partial charge < -0.3 is 19.5 Å². The number of alkyl halides is 1. The highest BCUT2D eigenvalue weighted by Gasteiger charge is 2.12. The fourth-order valence-electron chi connectivity index (χ4n) is 2.70. The molecule has 7 nitrogen and oxygen atoms in total. The predicted molar refractivity (Wildman–Crippen MR) is 119 cm³/mol. The molecule has 0 aliphatic heterocycles. The Kier molecular flexibility index (Phi) is 6.95. The molecule has 0 amide bonds. The van der Waals surface area contributed by atoms with Crippen molar-refractivity contribution in [2.45, 2.75) is 30.9 Å². The number of anilines is 1. The Hall–Kier alpha value is -2.07. The molecule has 150 valence electrons. The van der Waals surface area contributed by atoms with Crippen LogP contribution < -0.4 is 14.8 Å². The highest BCUT2D eigenvalue weighted by Crippen LogP contribution is 2.30. The molecule has 2 aromatic heterocycles. The van der Waals surface area contributed by atoms with Crippen LogP contribution in [0.25, 0.3) is 16.7 Å². The number of nitrogens with zero attached hydrogens (tertiary/aromatic N) is 3. The number of nitrogens with one attached hydrogen (secondary N) is 1. The highest BCUT2D eigenvalue weighted by atomic mass is 127. The molecule has 1 aromatic carbocycles. The van der Waals surface area contributed by atoms with Crippen molar-refractivity contribution in [2.24, 2.45) is 0 Å². The third-order valence-electron chi connectivity index (χ3n) is 3.82. The van der Waals surface area contributed by atoms with Gasteiger partial charge in [0.15, 0.2) is 5.82 Å². The van der Waals surface area contributed by atoms with Gasteiger partial charge in [-0.15, -0.1) is 5.10 Å². The number of benzene rings is 1. The SMILES string of the molecule is COCCOc1ccc2c(OC(C)C)cc(-n3ccc(NC(C)I)n3)nc2c1. The molecular formula is C20H25IN4O3. The van der Waals surface area contributed by atoms with Gasteiger partial charge in [-0.2, -0.15) is 0 Å². The number of hydrogen-bond donors (Lipinski definition) is 1. The summed E-state index contributed by atoms with van der Waals surface area (Å²) in [4.78, 5) is 4.77. The Morgan fingerprint density at radius 3 is 2.68 bits per heavy atom. The van der Waals surface area contributed by atoms with Gasteiger partial charge in [-0.25, -0.2) is 9.67 Å². The molecule has 0 saturated carbocycles. The molecule has 1 N–H and O–H groups in total. The molecule has 0 spiro atoms. The summed E-state index contributed by atoms with van der Waals surface area (Å²) >= 11 is 2.30. The maximum absolute atomic E-state index is 6.04. The monoisotopic (exact) mass is 496 g/mol. The number of ether oxygens (including phenoxy) is 3. The first-order chi connectivity index (χ1) is 13.5. The second-order valence-corrected chi connectivity index (χ2v) is 8.44. The molecule has 2 heterocycles. The molecule has 3 rings (SSSR count). The molecule has 0 aliphatic rings. The Morgan fingerprint density at radius 2 is 1.96 bits per heavy atom. The zero-order chi connectivity index (χ0) is 20.1. The van der Waals surface area contributed by atoms with Crippen molar-refractivity contribution >= 4 is 39.3 Å². The lowest BCUT2D eigenvalue weighted by molar-refractivity contribution is 0.146. The Morgan fingerprint density at radius 1 is 1.14 bits per heavy atom. The van der Waals surface area contributed by atoms with E-state index < -0.39 is 0 Å². The van der Waals surface area contributed by atoms with Crippen molar-refractivity contribution in [3.05, 3.63) is 36.5 Å². The third kappa shape index (κ3) is 5.26. The molecule has 0 bridgehead atoms. The minimum atomic E-state index is 0.0470. The van der Waals surface area contributed by atoms with Gasteiger partial charge in [0.1, 0.15) is 23.9 Å². The summed E-state index contributed by atoms with van der Waals surface area (Å²) in [5.74, 6) is 3.00. The highest BCUT2D eigenvalue weighted by molar-refractivity contribution is 14.1. The number of rotatable bonds is 9. The molecule has 1 atom stereocenters. The van der Waals surface area contributed by atoms with E-state index in [4.69, 9.17) is 19.2 Å². The van der Waals surface area contributed by atoms with Crippen LogP contribution in [0.1, 0.15) is 20.8 Å². The third-order valence-corrected chi connectivity index (χ3v) is 4.13. The van der Waals surface area contributed by atoms with Gasteiger partial charge in [-0.1, -0.05) is 22.6 Å². The molecule has 1 unspecified atom stereocenters. The molecule has 3 aromatic rings. The zero-order valence-corrected chi connectivity index (χ0v) is 18.6. The van der Waals surface area contributed by atoms with Gasteiger partial charge in [-0.3, -0.25) is 0 Å². The lowest BCUT2D eigenvalue weighted by atomic mass is 10.2. The second kappa shape index (κ2) is 9.42. The molecule has 0 aliphatic carbocycles. The molecule has 0 radical (unpaired) electrons. The standard InChI is InChI=1S/C20H25IN4O3/c1-13(2)28-18-12-20(25-8-7-19(24-25)22-14(3)21)23-17-11-15(5-6-16(17)18)27-10-9-26-4/h5-8,11-14H,9-10H2,1-4H3,(H,22,24). The second-order valence-electron chi connectivity index (χ2n) is 6.57. The van der Waals surface area contributed by atoms with Gasteiger partial charge in [-0.05, 0) is 32.9 Å². The van der Waals surface area contributed by atoms with Crippen molar-refractivity contribution < 1.29 is 14.2 Å². The number of fused-ring (bicyclic) bond motifs is 1. The van der Waals surface area contributed by atoms with Crippen LogP contribution in [0.2, 0.25) is 0 Å². The summed E-state index contributed by atoms with van der Waals surface area (Å²) in [6, 6.07) is 9.65. The van der Waals surface area contributed by atoms with Gasteiger partial charge >= 0.3 is 0 Å². The maximum Gasteiger partial charge on any atom is 0.157 e. The lowest BCUT2D eigenvalue weighted by Crippen LogP contribution is -2.09. The number of aromatic nitrogens is 3. The van der Waals surface area contributed by atoms with E-state index in [1.54, 1.807) is 11.8 Å². The summed E-state index contributed by atoms with van der Waals surface area (Å²) in [7, 11) is 1.65. The summed E-state index contributed by atoms with van der Waals surface area (Å²) in [6.45, 7) is 7.09. The summed E-state index contributed by atoms with van der Waals surface area (Å²) in [5.41, 5.74) is 0.787. The van der Waals surface area contributed by atoms with Crippen LogP contribution in [0.5, 0.6) is 11.5 Å². The molecule has 0 fully saturated rings. The quantitative estimate of drug-likeness (QED) is 0.205. The average Bonchev–Trinajstić information content (AvgIpc) is 3.09. The lowest BCUT2D eigenvalue weighted by Gasteiger charge is -2.15. The van der Waals surface area contributed by atoms with Gasteiger partial charge in [0.2, 0.25) is 0 Å². The van der Waals surface area contributed by atoms with E-state index in [-0.39, 0.29) is 10.2 Å². The predicted octanol–water partition coefficient (Wildman–Crippen LogP) is 4.43. The maximum atomic E-state index is 6.04. The average molecular weight is 496 g/mol. The molecule has 0 saturated heterocycles. The number of hydrogen-bond acceptors (Lipinski definition) is 6. The van der Waals surface area contributed by atoms with E-state index in [0.717, 1.165) is 28.2 Å². The summed E-state index contributed by atoms with van der Waals surface area (Å²) in [5, 5.41) is 8.78. The normalized spacial score (nSPS) is 12.4. The van der Waals surface area contributed by atoms with E-state index in [9.17, 15) is 0 Å². The van der Waals surface area contributed by atoms with Crippen LogP contribution in [-0.4, -0.2) is 45.2 Å². The Balaban J connectivity index is 2.00. The van der Waals surface area contributed by atoms with E-state index in [1.165, 1.54) is 0 Å². The summed E-state index contributed by atoms with van der Waals surface area (Å²) in [6.07, 6.45) is 1.93. The number of pyridine rings is 1.